The number of aliphatic carboxylic acids is 2. The molecule has 0 saturated carbocycles. The lowest BCUT2D eigenvalue weighted by Crippen LogP contribution is -2.18. The van der Waals surface area contributed by atoms with E-state index in [0.29, 0.717) is 0 Å². The van der Waals surface area contributed by atoms with Crippen LogP contribution in [-0.2, 0) is 28.9 Å². The van der Waals surface area contributed by atoms with Crippen LogP contribution in [0, 0.1) is 0 Å². The summed E-state index contributed by atoms with van der Waals surface area (Å²) in [6.07, 6.45) is 0. The van der Waals surface area contributed by atoms with Gasteiger partial charge in [-0.3, -0.25) is 4.89 Å². The number of rotatable bonds is 7. The van der Waals surface area contributed by atoms with Crippen LogP contribution in [0.5, 0.6) is 0 Å². The first kappa shape index (κ1) is 12.3. The molecule has 0 aliphatic heterocycles. The van der Waals surface area contributed by atoms with E-state index in [1.165, 1.54) is 0 Å². The zero-order valence-electron chi connectivity index (χ0n) is 6.97. The Balaban J connectivity index is 3.37. The standard InChI is InChI=1S/C6H8O8/c7-4(8)1-12-3-6(11)14-13-2-5(9)10/h1-3H2,(H,7,8)(H,9,10). The van der Waals surface area contributed by atoms with Crippen molar-refractivity contribution in [2.45, 2.75) is 0 Å². The molecular formula is C6H8O8. The Morgan fingerprint density at radius 1 is 0.929 bits per heavy atom. The van der Waals surface area contributed by atoms with Crippen molar-refractivity contribution < 1.29 is 39.1 Å². The Morgan fingerprint density at radius 3 is 2.00 bits per heavy atom. The lowest BCUT2D eigenvalue weighted by molar-refractivity contribution is -0.273. The molecule has 0 unspecified atom stereocenters. The molecule has 0 saturated heterocycles. The minimum atomic E-state index is -1.30. The lowest BCUT2D eigenvalue weighted by atomic mass is 10.7. The number of ether oxygens (including phenoxy) is 1. The zero-order chi connectivity index (χ0) is 11.0. The van der Waals surface area contributed by atoms with Gasteiger partial charge in [-0.05, 0) is 0 Å². The second kappa shape index (κ2) is 6.80. The number of carboxylic acids is 2. The summed E-state index contributed by atoms with van der Waals surface area (Å²) in [7, 11) is 0. The molecule has 0 radical (unpaired) electrons. The lowest BCUT2D eigenvalue weighted by Gasteiger charge is -2.00. The largest absolute Gasteiger partial charge is 0.480 e. The Kier molecular flexibility index (Phi) is 5.99. The van der Waals surface area contributed by atoms with E-state index in [2.05, 4.69) is 14.5 Å². The molecule has 0 bridgehead atoms. The third-order valence-electron chi connectivity index (χ3n) is 0.780. The van der Waals surface area contributed by atoms with E-state index in [9.17, 15) is 14.4 Å². The zero-order valence-corrected chi connectivity index (χ0v) is 6.97. The first-order chi connectivity index (χ1) is 6.52. The molecule has 0 atom stereocenters. The second-order valence-corrected chi connectivity index (χ2v) is 2.00. The van der Waals surface area contributed by atoms with Crippen LogP contribution in [0.4, 0.5) is 0 Å². The topological polar surface area (TPSA) is 119 Å². The highest BCUT2D eigenvalue weighted by molar-refractivity contribution is 5.72. The predicted molar refractivity (Wildman–Crippen MR) is 38.1 cm³/mol. The van der Waals surface area contributed by atoms with Crippen LogP contribution in [0.2, 0.25) is 0 Å². The summed E-state index contributed by atoms with van der Waals surface area (Å²) in [5, 5.41) is 16.1. The van der Waals surface area contributed by atoms with E-state index in [1.807, 2.05) is 0 Å². The van der Waals surface area contributed by atoms with Crippen LogP contribution in [0.1, 0.15) is 0 Å². The van der Waals surface area contributed by atoms with Crippen molar-refractivity contribution in [2.24, 2.45) is 0 Å². The van der Waals surface area contributed by atoms with Crippen molar-refractivity contribution >= 4 is 17.9 Å². The fourth-order valence-corrected chi connectivity index (χ4v) is 0.391. The van der Waals surface area contributed by atoms with Gasteiger partial charge >= 0.3 is 17.9 Å². The van der Waals surface area contributed by atoms with E-state index in [0.717, 1.165) is 0 Å². The van der Waals surface area contributed by atoms with Crippen molar-refractivity contribution in [2.75, 3.05) is 19.8 Å². The van der Waals surface area contributed by atoms with Gasteiger partial charge in [-0.1, -0.05) is 0 Å². The molecule has 80 valence electrons. The molecule has 0 aromatic rings. The Bertz CT molecular complexity index is 200. The van der Waals surface area contributed by atoms with Crippen LogP contribution in [0.25, 0.3) is 0 Å². The number of carbonyl (C=O) groups is 3. The Morgan fingerprint density at radius 2 is 1.50 bits per heavy atom. The quantitative estimate of drug-likeness (QED) is 0.389. The van der Waals surface area contributed by atoms with Crippen LogP contribution in [0.15, 0.2) is 0 Å². The van der Waals surface area contributed by atoms with Gasteiger partial charge in [0.2, 0.25) is 0 Å². The normalized spacial score (nSPS) is 9.43. The van der Waals surface area contributed by atoms with E-state index in [-0.39, 0.29) is 0 Å². The van der Waals surface area contributed by atoms with Crippen LogP contribution < -0.4 is 0 Å². The maximum atomic E-state index is 10.5. The molecule has 8 heteroatoms. The molecule has 0 aromatic carbocycles. The van der Waals surface area contributed by atoms with E-state index >= 15 is 0 Å². The van der Waals surface area contributed by atoms with Gasteiger partial charge in [0.05, 0.1) is 0 Å². The first-order valence-electron chi connectivity index (χ1n) is 3.36. The number of carbonyl (C=O) groups excluding carboxylic acids is 1. The number of hydrogen-bond donors (Lipinski definition) is 2. The van der Waals surface area contributed by atoms with E-state index < -0.39 is 37.7 Å². The van der Waals surface area contributed by atoms with Gasteiger partial charge in [-0.2, -0.15) is 4.89 Å². The second-order valence-electron chi connectivity index (χ2n) is 2.00. The maximum absolute atomic E-state index is 10.5. The summed E-state index contributed by atoms with van der Waals surface area (Å²) >= 11 is 0. The van der Waals surface area contributed by atoms with Crippen molar-refractivity contribution in [3.8, 4) is 0 Å². The molecule has 0 rings (SSSR count). The van der Waals surface area contributed by atoms with Gasteiger partial charge in [0.1, 0.15) is 13.2 Å². The summed E-state index contributed by atoms with van der Waals surface area (Å²) in [5.74, 6) is -3.54. The third kappa shape index (κ3) is 8.43. The highest BCUT2D eigenvalue weighted by atomic mass is 17.2. The summed E-state index contributed by atoms with van der Waals surface area (Å²) in [4.78, 5) is 38.1. The van der Waals surface area contributed by atoms with Crippen molar-refractivity contribution in [1.29, 1.82) is 0 Å². The Hall–Kier alpha value is -1.67. The predicted octanol–water partition coefficient (Wildman–Crippen LogP) is -1.35. The molecule has 0 amide bonds. The molecule has 0 spiro atoms. The first-order valence-corrected chi connectivity index (χ1v) is 3.36. The van der Waals surface area contributed by atoms with Gasteiger partial charge in [0.25, 0.3) is 0 Å². The van der Waals surface area contributed by atoms with Crippen molar-refractivity contribution in [3.05, 3.63) is 0 Å². The van der Waals surface area contributed by atoms with E-state index in [1.54, 1.807) is 0 Å². The number of carboxylic acid groups (broad SMARTS) is 2. The molecule has 14 heavy (non-hydrogen) atoms. The van der Waals surface area contributed by atoms with Gasteiger partial charge in [0.15, 0.2) is 6.61 Å². The van der Waals surface area contributed by atoms with Gasteiger partial charge in [-0.25, -0.2) is 14.4 Å². The molecule has 0 aliphatic rings. The molecule has 0 fully saturated rings. The molecule has 0 heterocycles. The van der Waals surface area contributed by atoms with Crippen LogP contribution in [-0.4, -0.2) is 47.9 Å². The Labute approximate surface area is 77.9 Å². The smallest absolute Gasteiger partial charge is 0.367 e. The summed E-state index contributed by atoms with van der Waals surface area (Å²) in [6, 6.07) is 0. The molecule has 0 aliphatic carbocycles. The average Bonchev–Trinajstić information content (AvgIpc) is 2.02. The molecule has 2 N–H and O–H groups in total. The van der Waals surface area contributed by atoms with Crippen LogP contribution >= 0.6 is 0 Å². The van der Waals surface area contributed by atoms with Gasteiger partial charge in [-0.15, -0.1) is 0 Å². The van der Waals surface area contributed by atoms with Crippen molar-refractivity contribution in [1.82, 2.24) is 0 Å². The maximum Gasteiger partial charge on any atom is 0.367 e. The van der Waals surface area contributed by atoms with Gasteiger partial charge < -0.3 is 14.9 Å². The van der Waals surface area contributed by atoms with E-state index in [4.69, 9.17) is 10.2 Å². The van der Waals surface area contributed by atoms with Crippen molar-refractivity contribution in [3.63, 3.8) is 0 Å². The average molecular weight is 208 g/mol. The molecule has 0 aromatic heterocycles. The molecule has 8 nitrogen and oxygen atoms in total. The van der Waals surface area contributed by atoms with Crippen LogP contribution in [0.3, 0.4) is 0 Å². The minimum absolute atomic E-state index is 0.619. The fourth-order valence-electron chi connectivity index (χ4n) is 0.391. The summed E-state index contributed by atoms with van der Waals surface area (Å²) in [6.45, 7) is -2.05. The number of hydrogen-bond acceptors (Lipinski definition) is 6. The summed E-state index contributed by atoms with van der Waals surface area (Å²) < 4.78 is 4.31. The summed E-state index contributed by atoms with van der Waals surface area (Å²) in [5.41, 5.74) is 0. The monoisotopic (exact) mass is 208 g/mol. The third-order valence-corrected chi connectivity index (χ3v) is 0.780. The minimum Gasteiger partial charge on any atom is -0.480 e. The highest BCUT2D eigenvalue weighted by Gasteiger charge is 2.07. The van der Waals surface area contributed by atoms with Gasteiger partial charge in [0, 0.05) is 0 Å². The fraction of sp³-hybridized carbons (Fsp3) is 0.500. The highest BCUT2D eigenvalue weighted by Crippen LogP contribution is 1.84. The SMILES string of the molecule is O=C(O)COCC(=O)OOCC(=O)O. The molecular weight excluding hydrogens is 200 g/mol.